The molecule has 0 unspecified atom stereocenters. The largest absolute Gasteiger partial charge is 0.478 e. The number of hydrogen-bond donors (Lipinski definition) is 1. The maximum atomic E-state index is 11.5. The number of carboxylic acids is 1. The van der Waals surface area contributed by atoms with Crippen molar-refractivity contribution in [3.8, 4) is 0 Å². The summed E-state index contributed by atoms with van der Waals surface area (Å²) in [5, 5.41) is 9.42. The van der Waals surface area contributed by atoms with Crippen molar-refractivity contribution in [1.82, 2.24) is 4.40 Å². The lowest BCUT2D eigenvalue weighted by Gasteiger charge is -2.13. The first-order valence-corrected chi connectivity index (χ1v) is 6.83. The number of aliphatic imine (C=N–C) groups is 1. The van der Waals surface area contributed by atoms with Crippen LogP contribution < -0.4 is 0 Å². The van der Waals surface area contributed by atoms with Crippen LogP contribution >= 0.6 is 15.9 Å². The summed E-state index contributed by atoms with van der Waals surface area (Å²) in [6.07, 6.45) is 5.51. The number of aromatic carboxylic acids is 1. The smallest absolute Gasteiger partial charge is 0.337 e. The van der Waals surface area contributed by atoms with Gasteiger partial charge in [0.1, 0.15) is 0 Å². The van der Waals surface area contributed by atoms with Crippen molar-refractivity contribution in [3.05, 3.63) is 40.1 Å². The van der Waals surface area contributed by atoms with Crippen LogP contribution in [0.15, 0.2) is 34.0 Å². The van der Waals surface area contributed by atoms with Crippen LogP contribution in [0.2, 0.25) is 0 Å². The van der Waals surface area contributed by atoms with Gasteiger partial charge in [-0.25, -0.2) is 4.79 Å². The van der Waals surface area contributed by atoms with Crippen molar-refractivity contribution in [2.45, 2.75) is 18.3 Å². The van der Waals surface area contributed by atoms with Gasteiger partial charge in [-0.05, 0) is 47.6 Å². The third-order valence-electron chi connectivity index (χ3n) is 3.76. The van der Waals surface area contributed by atoms with Gasteiger partial charge in [-0.2, -0.15) is 0 Å². The van der Waals surface area contributed by atoms with E-state index >= 15 is 0 Å². The van der Waals surface area contributed by atoms with Gasteiger partial charge < -0.3 is 14.5 Å². The van der Waals surface area contributed by atoms with Crippen LogP contribution in [0.1, 0.15) is 28.8 Å². The highest BCUT2D eigenvalue weighted by molar-refractivity contribution is 9.10. The third-order valence-corrected chi connectivity index (χ3v) is 4.23. The van der Waals surface area contributed by atoms with E-state index in [2.05, 4.69) is 27.6 Å². The average Bonchev–Trinajstić information content (AvgIpc) is 3.02. The van der Waals surface area contributed by atoms with Crippen molar-refractivity contribution in [3.63, 3.8) is 0 Å². The molecule has 19 heavy (non-hydrogen) atoms. The Kier molecular flexibility index (Phi) is 2.74. The third kappa shape index (κ3) is 1.89. The summed E-state index contributed by atoms with van der Waals surface area (Å²) >= 11 is 3.40. The zero-order chi connectivity index (χ0) is 13.6. The van der Waals surface area contributed by atoms with Crippen LogP contribution in [0.3, 0.4) is 0 Å². The lowest BCUT2D eigenvalue weighted by Crippen LogP contribution is -2.14. The molecule has 0 aliphatic heterocycles. The molecule has 3 rings (SSSR count). The summed E-state index contributed by atoms with van der Waals surface area (Å²) in [5.74, 6) is -0.884. The summed E-state index contributed by atoms with van der Waals surface area (Å²) in [6.45, 7) is 4.14. The van der Waals surface area contributed by atoms with Gasteiger partial charge in [0.25, 0.3) is 0 Å². The van der Waals surface area contributed by atoms with E-state index in [-0.39, 0.29) is 5.41 Å². The molecule has 0 aromatic carbocycles. The molecule has 0 atom stereocenters. The fourth-order valence-electron chi connectivity index (χ4n) is 2.72. The molecule has 1 aliphatic rings. The first-order valence-electron chi connectivity index (χ1n) is 6.04. The number of carbonyl (C=O) groups is 1. The Labute approximate surface area is 118 Å². The van der Waals surface area contributed by atoms with Crippen molar-refractivity contribution < 1.29 is 9.90 Å². The number of pyridine rings is 1. The van der Waals surface area contributed by atoms with Gasteiger partial charge in [-0.15, -0.1) is 0 Å². The summed E-state index contributed by atoms with van der Waals surface area (Å²) in [5.41, 5.74) is 2.10. The molecule has 1 aliphatic carbocycles. The molecule has 1 fully saturated rings. The second-order valence-corrected chi connectivity index (χ2v) is 5.94. The summed E-state index contributed by atoms with van der Waals surface area (Å²) < 4.78 is 2.79. The molecule has 2 aromatic heterocycles. The molecule has 0 spiro atoms. The van der Waals surface area contributed by atoms with Crippen LogP contribution in [-0.2, 0) is 5.41 Å². The molecule has 2 aromatic rings. The van der Waals surface area contributed by atoms with Crippen LogP contribution in [0.25, 0.3) is 5.52 Å². The maximum Gasteiger partial charge on any atom is 0.337 e. The number of carboxylic acid groups (broad SMARTS) is 1. The first-order chi connectivity index (χ1) is 9.07. The minimum absolute atomic E-state index is 0.127. The molecule has 1 N–H and O–H groups in total. The number of rotatable bonds is 4. The van der Waals surface area contributed by atoms with Gasteiger partial charge >= 0.3 is 5.97 Å². The van der Waals surface area contributed by atoms with Crippen LogP contribution in [0.5, 0.6) is 0 Å². The highest BCUT2D eigenvalue weighted by atomic mass is 79.9. The SMILES string of the molecule is C=NCC1(c2c(C(=O)O)cn3cc(Br)ccc23)CC1. The second-order valence-electron chi connectivity index (χ2n) is 5.02. The molecule has 0 saturated heterocycles. The average molecular weight is 321 g/mol. The Morgan fingerprint density at radius 3 is 2.79 bits per heavy atom. The quantitative estimate of drug-likeness (QED) is 0.880. The monoisotopic (exact) mass is 320 g/mol. The Morgan fingerprint density at radius 2 is 2.21 bits per heavy atom. The first kappa shape index (κ1) is 12.4. The van der Waals surface area contributed by atoms with Crippen molar-refractivity contribution in [2.24, 2.45) is 4.99 Å². The van der Waals surface area contributed by atoms with Crippen LogP contribution in [0, 0.1) is 0 Å². The number of fused-ring (bicyclic) bond motifs is 1. The molecule has 98 valence electrons. The minimum Gasteiger partial charge on any atom is -0.478 e. The van der Waals surface area contributed by atoms with E-state index in [0.717, 1.165) is 28.4 Å². The van der Waals surface area contributed by atoms with Gasteiger partial charge in [0, 0.05) is 39.9 Å². The van der Waals surface area contributed by atoms with Gasteiger partial charge in [-0.3, -0.25) is 0 Å². The summed E-state index contributed by atoms with van der Waals surface area (Å²) in [6, 6.07) is 3.89. The number of nitrogens with zero attached hydrogens (tertiary/aromatic N) is 2. The summed E-state index contributed by atoms with van der Waals surface area (Å²) in [4.78, 5) is 15.5. The number of halogens is 1. The Hall–Kier alpha value is -1.62. The van der Waals surface area contributed by atoms with E-state index < -0.39 is 5.97 Å². The van der Waals surface area contributed by atoms with Gasteiger partial charge in [0.2, 0.25) is 0 Å². The molecule has 5 heteroatoms. The maximum absolute atomic E-state index is 11.5. The van der Waals surface area contributed by atoms with E-state index in [0.29, 0.717) is 12.1 Å². The van der Waals surface area contributed by atoms with E-state index in [1.165, 1.54) is 0 Å². The van der Waals surface area contributed by atoms with E-state index in [4.69, 9.17) is 0 Å². The molecule has 0 radical (unpaired) electrons. The van der Waals surface area contributed by atoms with Crippen molar-refractivity contribution in [1.29, 1.82) is 0 Å². The van der Waals surface area contributed by atoms with Gasteiger partial charge in [-0.1, -0.05) is 0 Å². The van der Waals surface area contributed by atoms with Crippen LogP contribution in [-0.4, -0.2) is 28.7 Å². The molecule has 1 saturated carbocycles. The zero-order valence-corrected chi connectivity index (χ0v) is 11.9. The Balaban J connectivity index is 2.29. The topological polar surface area (TPSA) is 54.1 Å². The number of hydrogen-bond acceptors (Lipinski definition) is 2. The predicted molar refractivity (Wildman–Crippen MR) is 77.4 cm³/mol. The molecular weight excluding hydrogens is 308 g/mol. The fraction of sp³-hybridized carbons (Fsp3) is 0.286. The predicted octanol–water partition coefficient (Wildman–Crippen LogP) is 3.13. The highest BCUT2D eigenvalue weighted by Crippen LogP contribution is 2.51. The lowest BCUT2D eigenvalue weighted by atomic mass is 9.93. The van der Waals surface area contributed by atoms with Crippen molar-refractivity contribution >= 4 is 34.1 Å². The number of aromatic nitrogens is 1. The second kappa shape index (κ2) is 4.20. The van der Waals surface area contributed by atoms with Crippen molar-refractivity contribution in [2.75, 3.05) is 6.54 Å². The zero-order valence-electron chi connectivity index (χ0n) is 10.3. The summed E-state index contributed by atoms with van der Waals surface area (Å²) in [7, 11) is 0. The molecule has 2 heterocycles. The normalized spacial score (nSPS) is 16.5. The van der Waals surface area contributed by atoms with E-state index in [1.54, 1.807) is 6.20 Å². The molecule has 4 nitrogen and oxygen atoms in total. The molecule has 0 bridgehead atoms. The van der Waals surface area contributed by atoms with Gasteiger partial charge in [0.15, 0.2) is 0 Å². The Morgan fingerprint density at radius 1 is 1.47 bits per heavy atom. The molecule has 0 amide bonds. The standard InChI is InChI=1S/C14H13BrN2O2/c1-16-8-14(4-5-14)12-10(13(18)19)7-17-6-9(15)2-3-11(12)17/h2-3,6-7H,1,4-5,8H2,(H,18,19). The Bertz CT molecular complexity index is 686. The van der Waals surface area contributed by atoms with E-state index in [1.807, 2.05) is 22.7 Å². The lowest BCUT2D eigenvalue weighted by molar-refractivity contribution is 0.0695. The minimum atomic E-state index is -0.884. The molecular formula is C14H13BrN2O2. The van der Waals surface area contributed by atoms with Gasteiger partial charge in [0.05, 0.1) is 5.56 Å². The fourth-order valence-corrected chi connectivity index (χ4v) is 3.08. The highest BCUT2D eigenvalue weighted by Gasteiger charge is 2.47. The van der Waals surface area contributed by atoms with Crippen LogP contribution in [0.4, 0.5) is 0 Å². The van der Waals surface area contributed by atoms with E-state index in [9.17, 15) is 9.90 Å².